The van der Waals surface area contributed by atoms with Gasteiger partial charge in [-0.25, -0.2) is 0 Å². The molecule has 1 saturated carbocycles. The van der Waals surface area contributed by atoms with E-state index in [0.29, 0.717) is 13.1 Å². The molecular weight excluding hydrogens is 396 g/mol. The summed E-state index contributed by atoms with van der Waals surface area (Å²) in [5, 5.41) is 3.25. The first-order chi connectivity index (χ1) is 15.8. The predicted molar refractivity (Wildman–Crippen MR) is 130 cm³/mol. The summed E-state index contributed by atoms with van der Waals surface area (Å²) >= 11 is 0. The van der Waals surface area contributed by atoms with Gasteiger partial charge in [0.1, 0.15) is 0 Å². The van der Waals surface area contributed by atoms with Crippen molar-refractivity contribution in [3.8, 4) is 0 Å². The number of para-hydroxylation sites is 1. The third-order valence-electron chi connectivity index (χ3n) is 7.44. The van der Waals surface area contributed by atoms with Crippen molar-refractivity contribution < 1.29 is 4.79 Å². The monoisotopic (exact) mass is 432 g/mol. The van der Waals surface area contributed by atoms with Crippen molar-refractivity contribution in [2.75, 3.05) is 37.6 Å². The molecule has 2 aliphatic heterocycles. The normalized spacial score (nSPS) is 21.4. The van der Waals surface area contributed by atoms with Gasteiger partial charge in [0.25, 0.3) is 0 Å². The highest BCUT2D eigenvalue weighted by Crippen LogP contribution is 2.26. The Balaban J connectivity index is 1.17. The smallest absolute Gasteiger partial charge is 0.241 e. The van der Waals surface area contributed by atoms with Crippen LogP contribution in [0.25, 0.3) is 0 Å². The Labute approximate surface area is 192 Å². The van der Waals surface area contributed by atoms with Gasteiger partial charge in [-0.05, 0) is 35.6 Å². The number of nitrogens with one attached hydrogen (secondary N) is 1. The van der Waals surface area contributed by atoms with Crippen molar-refractivity contribution in [2.24, 2.45) is 0 Å². The van der Waals surface area contributed by atoms with Gasteiger partial charge in [-0.15, -0.1) is 0 Å². The molecule has 2 aromatic carbocycles. The summed E-state index contributed by atoms with van der Waals surface area (Å²) in [7, 11) is 0. The maximum atomic E-state index is 12.7. The van der Waals surface area contributed by atoms with Crippen molar-refractivity contribution in [1.29, 1.82) is 0 Å². The summed E-state index contributed by atoms with van der Waals surface area (Å²) in [4.78, 5) is 20.0. The highest BCUT2D eigenvalue weighted by Gasteiger charge is 2.25. The first-order valence-corrected chi connectivity index (χ1v) is 12.4. The van der Waals surface area contributed by atoms with E-state index in [0.717, 1.165) is 24.8 Å². The average molecular weight is 433 g/mol. The van der Waals surface area contributed by atoms with E-state index in [-0.39, 0.29) is 5.91 Å². The number of hydrogen-bond donors (Lipinski definition) is 1. The lowest BCUT2D eigenvalue weighted by molar-refractivity contribution is -0.117. The number of piperazine rings is 1. The largest absolute Gasteiger partial charge is 0.307 e. The minimum absolute atomic E-state index is 0.134. The molecule has 0 aromatic heterocycles. The highest BCUT2D eigenvalue weighted by molar-refractivity contribution is 5.96. The van der Waals surface area contributed by atoms with Gasteiger partial charge in [0.15, 0.2) is 0 Å². The van der Waals surface area contributed by atoms with Crippen LogP contribution in [0.15, 0.2) is 48.5 Å². The van der Waals surface area contributed by atoms with Gasteiger partial charge in [0.05, 0.1) is 13.1 Å². The molecule has 1 N–H and O–H groups in total. The molecule has 32 heavy (non-hydrogen) atoms. The van der Waals surface area contributed by atoms with Gasteiger partial charge in [-0.3, -0.25) is 14.6 Å². The second-order valence-electron chi connectivity index (χ2n) is 9.63. The second-order valence-corrected chi connectivity index (χ2v) is 9.63. The summed E-state index contributed by atoms with van der Waals surface area (Å²) in [6.07, 6.45) is 7.08. The van der Waals surface area contributed by atoms with E-state index in [9.17, 15) is 4.79 Å². The van der Waals surface area contributed by atoms with E-state index in [1.165, 1.54) is 75.0 Å². The summed E-state index contributed by atoms with van der Waals surface area (Å²) in [5.41, 5.74) is 4.76. The Bertz CT molecular complexity index is 898. The molecule has 5 nitrogen and oxygen atoms in total. The fourth-order valence-corrected chi connectivity index (χ4v) is 5.55. The minimum Gasteiger partial charge on any atom is -0.307 e. The number of carbonyl (C=O) groups excluding carboxylic acids is 1. The van der Waals surface area contributed by atoms with Crippen molar-refractivity contribution in [1.82, 2.24) is 15.1 Å². The Morgan fingerprint density at radius 3 is 2.22 bits per heavy atom. The van der Waals surface area contributed by atoms with Crippen LogP contribution in [0.3, 0.4) is 0 Å². The van der Waals surface area contributed by atoms with Crippen LogP contribution in [0, 0.1) is 0 Å². The number of amides is 1. The van der Waals surface area contributed by atoms with Crippen LogP contribution in [0.1, 0.15) is 48.8 Å². The van der Waals surface area contributed by atoms with Gasteiger partial charge in [-0.2, -0.15) is 0 Å². The predicted octanol–water partition coefficient (Wildman–Crippen LogP) is 3.77. The highest BCUT2D eigenvalue weighted by atomic mass is 16.2. The molecular formula is C27H36N4O. The molecule has 0 spiro atoms. The van der Waals surface area contributed by atoms with Gasteiger partial charge in [0.2, 0.25) is 5.91 Å². The lowest BCUT2D eigenvalue weighted by Gasteiger charge is -2.40. The molecule has 5 rings (SSSR count). The van der Waals surface area contributed by atoms with Crippen molar-refractivity contribution in [3.63, 3.8) is 0 Å². The lowest BCUT2D eigenvalue weighted by atomic mass is 9.94. The standard InChI is InChI=1S/C27H36N4O/c32-27-19-28-18-24-6-4-5-9-26(24)31(27)21-23-12-10-22(11-13-23)20-29-14-16-30(17-15-29)25-7-2-1-3-8-25/h4-6,9-13,25,28H,1-3,7-8,14-21H2. The molecule has 2 fully saturated rings. The van der Waals surface area contributed by atoms with Gasteiger partial charge >= 0.3 is 0 Å². The summed E-state index contributed by atoms with van der Waals surface area (Å²) < 4.78 is 0. The number of fused-ring (bicyclic) bond motifs is 1. The Morgan fingerprint density at radius 2 is 1.47 bits per heavy atom. The van der Waals surface area contributed by atoms with Crippen LogP contribution in [0.2, 0.25) is 0 Å². The number of anilines is 1. The molecule has 2 aromatic rings. The zero-order chi connectivity index (χ0) is 21.8. The number of rotatable bonds is 5. The molecule has 1 amide bonds. The van der Waals surface area contributed by atoms with E-state index in [1.54, 1.807) is 0 Å². The molecule has 2 heterocycles. The fourth-order valence-electron chi connectivity index (χ4n) is 5.55. The average Bonchev–Trinajstić information content (AvgIpc) is 3.00. The number of carbonyl (C=O) groups is 1. The third kappa shape index (κ3) is 5.06. The zero-order valence-corrected chi connectivity index (χ0v) is 19.1. The van der Waals surface area contributed by atoms with E-state index in [2.05, 4.69) is 51.5 Å². The van der Waals surface area contributed by atoms with Crippen molar-refractivity contribution >= 4 is 11.6 Å². The Kier molecular flexibility index (Phi) is 6.86. The SMILES string of the molecule is O=C1CNCc2ccccc2N1Cc1ccc(CN2CCN(C3CCCCC3)CC2)cc1. The minimum atomic E-state index is 0.134. The topological polar surface area (TPSA) is 38.8 Å². The van der Waals surface area contributed by atoms with Crippen molar-refractivity contribution in [2.45, 2.75) is 57.8 Å². The van der Waals surface area contributed by atoms with Crippen LogP contribution in [-0.4, -0.2) is 54.5 Å². The van der Waals surface area contributed by atoms with Crippen LogP contribution in [0.5, 0.6) is 0 Å². The molecule has 0 atom stereocenters. The van der Waals surface area contributed by atoms with Crippen LogP contribution in [-0.2, 0) is 24.4 Å². The Morgan fingerprint density at radius 1 is 0.781 bits per heavy atom. The molecule has 1 aliphatic carbocycles. The number of nitrogens with zero attached hydrogens (tertiary/aromatic N) is 3. The van der Waals surface area contributed by atoms with E-state index in [1.807, 2.05) is 17.0 Å². The molecule has 5 heteroatoms. The molecule has 0 unspecified atom stereocenters. The molecule has 170 valence electrons. The van der Waals surface area contributed by atoms with E-state index >= 15 is 0 Å². The van der Waals surface area contributed by atoms with Gasteiger partial charge in [0, 0.05) is 51.0 Å². The summed E-state index contributed by atoms with van der Waals surface area (Å²) in [6, 6.07) is 17.9. The number of hydrogen-bond acceptors (Lipinski definition) is 4. The quantitative estimate of drug-likeness (QED) is 0.781. The molecule has 0 radical (unpaired) electrons. The van der Waals surface area contributed by atoms with Crippen LogP contribution >= 0.6 is 0 Å². The Hall–Kier alpha value is -2.21. The maximum absolute atomic E-state index is 12.7. The van der Waals surface area contributed by atoms with E-state index < -0.39 is 0 Å². The van der Waals surface area contributed by atoms with Crippen molar-refractivity contribution in [3.05, 3.63) is 65.2 Å². The molecule has 3 aliphatic rings. The summed E-state index contributed by atoms with van der Waals surface area (Å²) in [6.45, 7) is 7.55. The van der Waals surface area contributed by atoms with Crippen LogP contribution in [0.4, 0.5) is 5.69 Å². The lowest BCUT2D eigenvalue weighted by Crippen LogP contribution is -2.50. The van der Waals surface area contributed by atoms with E-state index in [4.69, 9.17) is 0 Å². The first-order valence-electron chi connectivity index (χ1n) is 12.4. The summed E-state index contributed by atoms with van der Waals surface area (Å²) in [5.74, 6) is 0.134. The molecule has 1 saturated heterocycles. The first kappa shape index (κ1) is 21.6. The van der Waals surface area contributed by atoms with Crippen LogP contribution < -0.4 is 10.2 Å². The zero-order valence-electron chi connectivity index (χ0n) is 19.1. The second kappa shape index (κ2) is 10.2. The number of benzene rings is 2. The van der Waals surface area contributed by atoms with Gasteiger partial charge in [-0.1, -0.05) is 61.7 Å². The molecule has 0 bridgehead atoms. The third-order valence-corrected chi connectivity index (χ3v) is 7.44. The van der Waals surface area contributed by atoms with Gasteiger partial charge < -0.3 is 10.2 Å². The fraction of sp³-hybridized carbons (Fsp3) is 0.519. The maximum Gasteiger partial charge on any atom is 0.241 e.